The molecule has 2 N–H and O–H groups in total. The van der Waals surface area contributed by atoms with Crippen molar-refractivity contribution in [3.8, 4) is 0 Å². The molecule has 0 aromatic heterocycles. The molecule has 1 rings (SSSR count). The lowest BCUT2D eigenvalue weighted by atomic mass is 9.75. The van der Waals surface area contributed by atoms with Gasteiger partial charge in [-0.2, -0.15) is 0 Å². The lowest BCUT2D eigenvalue weighted by Crippen LogP contribution is -2.45. The van der Waals surface area contributed by atoms with Crippen molar-refractivity contribution in [2.75, 3.05) is 6.54 Å². The first-order valence-electron chi connectivity index (χ1n) is 6.42. The maximum absolute atomic E-state index is 11.7. The Bertz CT molecular complexity index is 236. The number of nitrogens with one attached hydrogen (secondary N) is 2. The predicted molar refractivity (Wildman–Crippen MR) is 67.3 cm³/mol. The highest BCUT2D eigenvalue weighted by Gasteiger charge is 2.28. The van der Waals surface area contributed by atoms with Crippen molar-refractivity contribution in [3.05, 3.63) is 0 Å². The van der Waals surface area contributed by atoms with E-state index in [0.29, 0.717) is 24.0 Å². The van der Waals surface area contributed by atoms with Gasteiger partial charge >= 0.3 is 0 Å². The van der Waals surface area contributed by atoms with Crippen LogP contribution in [-0.4, -0.2) is 24.5 Å². The summed E-state index contributed by atoms with van der Waals surface area (Å²) in [5.41, 5.74) is 0.391. The Balaban J connectivity index is 2.28. The molecule has 1 unspecified atom stereocenters. The van der Waals surface area contributed by atoms with Crippen molar-refractivity contribution in [1.82, 2.24) is 10.6 Å². The summed E-state index contributed by atoms with van der Waals surface area (Å²) in [5, 5.41) is 6.27. The van der Waals surface area contributed by atoms with Crippen LogP contribution in [0.2, 0.25) is 0 Å². The van der Waals surface area contributed by atoms with Crippen LogP contribution < -0.4 is 10.6 Å². The van der Waals surface area contributed by atoms with Gasteiger partial charge in [0.05, 0.1) is 6.54 Å². The highest BCUT2D eigenvalue weighted by Crippen LogP contribution is 2.34. The van der Waals surface area contributed by atoms with E-state index in [1.807, 2.05) is 0 Å². The fraction of sp³-hybridized carbons (Fsp3) is 0.923. The zero-order valence-electron chi connectivity index (χ0n) is 11.1. The number of carbonyl (C=O) groups is 1. The monoisotopic (exact) mass is 226 g/mol. The van der Waals surface area contributed by atoms with E-state index >= 15 is 0 Å². The second-order valence-corrected chi connectivity index (χ2v) is 6.06. The maximum Gasteiger partial charge on any atom is 0.234 e. The first-order chi connectivity index (χ1) is 7.39. The molecule has 1 amide bonds. The summed E-state index contributed by atoms with van der Waals surface area (Å²) in [6.07, 6.45) is 4.76. The van der Waals surface area contributed by atoms with Gasteiger partial charge in [-0.05, 0) is 24.7 Å². The fourth-order valence-corrected chi connectivity index (χ4v) is 2.40. The van der Waals surface area contributed by atoms with Gasteiger partial charge < -0.3 is 10.6 Å². The first-order valence-corrected chi connectivity index (χ1v) is 6.42. The van der Waals surface area contributed by atoms with E-state index in [2.05, 4.69) is 38.3 Å². The van der Waals surface area contributed by atoms with Crippen LogP contribution in [-0.2, 0) is 4.79 Å². The Morgan fingerprint density at radius 3 is 2.69 bits per heavy atom. The van der Waals surface area contributed by atoms with Gasteiger partial charge in [-0.25, -0.2) is 0 Å². The minimum atomic E-state index is 0.136. The number of hydrogen-bond acceptors (Lipinski definition) is 2. The number of hydrogen-bond donors (Lipinski definition) is 2. The van der Waals surface area contributed by atoms with Crippen LogP contribution in [0.4, 0.5) is 0 Å². The largest absolute Gasteiger partial charge is 0.352 e. The molecule has 94 valence electrons. The smallest absolute Gasteiger partial charge is 0.234 e. The third-order valence-corrected chi connectivity index (χ3v) is 3.24. The molecule has 3 heteroatoms. The van der Waals surface area contributed by atoms with E-state index in [1.165, 1.54) is 12.8 Å². The number of amides is 1. The normalized spacial score (nSPS) is 24.4. The molecule has 0 spiro atoms. The molecule has 1 aliphatic carbocycles. The summed E-state index contributed by atoms with van der Waals surface area (Å²) >= 11 is 0. The van der Waals surface area contributed by atoms with Gasteiger partial charge in [-0.1, -0.05) is 34.1 Å². The molecule has 1 saturated carbocycles. The minimum absolute atomic E-state index is 0.136. The molecule has 0 aromatic rings. The average Bonchev–Trinajstić information content (AvgIpc) is 2.13. The highest BCUT2D eigenvalue weighted by molar-refractivity contribution is 5.78. The van der Waals surface area contributed by atoms with E-state index in [-0.39, 0.29) is 5.91 Å². The molecular formula is C13H26N2O. The molecule has 16 heavy (non-hydrogen) atoms. The second-order valence-electron chi connectivity index (χ2n) is 6.06. The number of carbonyl (C=O) groups excluding carboxylic acids is 1. The third kappa shape index (κ3) is 4.97. The lowest BCUT2D eigenvalue weighted by Gasteiger charge is -2.35. The Morgan fingerprint density at radius 2 is 2.12 bits per heavy atom. The van der Waals surface area contributed by atoms with E-state index in [1.54, 1.807) is 0 Å². The molecule has 1 aliphatic rings. The third-order valence-electron chi connectivity index (χ3n) is 3.24. The van der Waals surface area contributed by atoms with Crippen molar-refractivity contribution < 1.29 is 4.79 Å². The van der Waals surface area contributed by atoms with Gasteiger partial charge in [-0.3, -0.25) is 4.79 Å². The van der Waals surface area contributed by atoms with Gasteiger partial charge in [-0.15, -0.1) is 0 Å². The summed E-state index contributed by atoms with van der Waals surface area (Å²) < 4.78 is 0. The van der Waals surface area contributed by atoms with Crippen LogP contribution in [0.3, 0.4) is 0 Å². The van der Waals surface area contributed by atoms with Crippen molar-refractivity contribution in [2.24, 2.45) is 5.41 Å². The summed E-state index contributed by atoms with van der Waals surface area (Å²) in [4.78, 5) is 11.7. The SMILES string of the molecule is CC(C)NCC(=O)NC1CCCC(C)(C)C1. The maximum atomic E-state index is 11.7. The zero-order chi connectivity index (χ0) is 12.2. The molecular weight excluding hydrogens is 200 g/mol. The Kier molecular flexibility index (Phi) is 4.78. The molecule has 0 aliphatic heterocycles. The Hall–Kier alpha value is -0.570. The summed E-state index contributed by atoms with van der Waals surface area (Å²) in [6.45, 7) is 9.12. The molecule has 0 bridgehead atoms. The minimum Gasteiger partial charge on any atom is -0.352 e. The van der Waals surface area contributed by atoms with E-state index in [0.717, 1.165) is 12.8 Å². The van der Waals surface area contributed by atoms with Gasteiger partial charge in [0.15, 0.2) is 0 Å². The van der Waals surface area contributed by atoms with Gasteiger partial charge in [0.25, 0.3) is 0 Å². The topological polar surface area (TPSA) is 41.1 Å². The lowest BCUT2D eigenvalue weighted by molar-refractivity contribution is -0.121. The van der Waals surface area contributed by atoms with Gasteiger partial charge in [0.1, 0.15) is 0 Å². The second kappa shape index (κ2) is 5.67. The molecule has 0 heterocycles. The summed E-state index contributed by atoms with van der Waals surface area (Å²) in [5.74, 6) is 0.136. The molecule has 0 radical (unpaired) electrons. The van der Waals surface area contributed by atoms with Crippen molar-refractivity contribution >= 4 is 5.91 Å². The molecule has 3 nitrogen and oxygen atoms in total. The Labute approximate surface area is 99.4 Å². The van der Waals surface area contributed by atoms with Crippen LogP contribution in [0, 0.1) is 5.41 Å². The van der Waals surface area contributed by atoms with Crippen LogP contribution in [0.25, 0.3) is 0 Å². The van der Waals surface area contributed by atoms with Crippen molar-refractivity contribution in [2.45, 2.75) is 65.5 Å². The average molecular weight is 226 g/mol. The van der Waals surface area contributed by atoms with E-state index in [4.69, 9.17) is 0 Å². The van der Waals surface area contributed by atoms with Crippen LogP contribution in [0.15, 0.2) is 0 Å². The fourth-order valence-electron chi connectivity index (χ4n) is 2.40. The van der Waals surface area contributed by atoms with E-state index < -0.39 is 0 Å². The number of rotatable bonds is 4. The zero-order valence-corrected chi connectivity index (χ0v) is 11.1. The van der Waals surface area contributed by atoms with Gasteiger partial charge in [0.2, 0.25) is 5.91 Å². The molecule has 0 saturated heterocycles. The predicted octanol–water partition coefficient (Wildman–Crippen LogP) is 2.07. The molecule has 1 atom stereocenters. The van der Waals surface area contributed by atoms with Crippen LogP contribution in [0.5, 0.6) is 0 Å². The van der Waals surface area contributed by atoms with Crippen molar-refractivity contribution in [3.63, 3.8) is 0 Å². The molecule has 0 aromatic carbocycles. The van der Waals surface area contributed by atoms with Gasteiger partial charge in [0, 0.05) is 12.1 Å². The summed E-state index contributed by atoms with van der Waals surface area (Å²) in [7, 11) is 0. The van der Waals surface area contributed by atoms with Crippen LogP contribution in [0.1, 0.15) is 53.4 Å². The standard InChI is InChI=1S/C13H26N2O/c1-10(2)14-9-12(16)15-11-6-5-7-13(3,4)8-11/h10-11,14H,5-9H2,1-4H3,(H,15,16). The summed E-state index contributed by atoms with van der Waals surface area (Å²) in [6, 6.07) is 0.749. The Morgan fingerprint density at radius 1 is 1.44 bits per heavy atom. The van der Waals surface area contributed by atoms with Crippen LogP contribution >= 0.6 is 0 Å². The highest BCUT2D eigenvalue weighted by atomic mass is 16.1. The molecule has 1 fully saturated rings. The van der Waals surface area contributed by atoms with E-state index in [9.17, 15) is 4.79 Å². The first kappa shape index (κ1) is 13.5. The quantitative estimate of drug-likeness (QED) is 0.770. The van der Waals surface area contributed by atoms with Crippen molar-refractivity contribution in [1.29, 1.82) is 0 Å².